The van der Waals surface area contributed by atoms with Crippen molar-refractivity contribution in [3.63, 3.8) is 0 Å². The molecule has 0 aliphatic carbocycles. The Hall–Kier alpha value is -1.35. The molecule has 6 heteroatoms. The lowest BCUT2D eigenvalue weighted by Gasteiger charge is -2.16. The summed E-state index contributed by atoms with van der Waals surface area (Å²) in [5.41, 5.74) is 0. The van der Waals surface area contributed by atoms with Gasteiger partial charge < -0.3 is 9.47 Å². The first kappa shape index (κ1) is 16.7. The number of benzene rings is 1. The zero-order chi connectivity index (χ0) is 12.7. The largest absolute Gasteiger partial charge is 0.461 e. The van der Waals surface area contributed by atoms with E-state index in [1.807, 2.05) is 30.3 Å². The van der Waals surface area contributed by atoms with Crippen molar-refractivity contribution in [1.29, 1.82) is 0 Å². The summed E-state index contributed by atoms with van der Waals surface area (Å²) in [5.74, 6) is -0.646. The minimum Gasteiger partial charge on any atom is -0.461 e. The van der Waals surface area contributed by atoms with E-state index in [2.05, 4.69) is 0 Å². The van der Waals surface area contributed by atoms with Crippen molar-refractivity contribution in [2.45, 2.75) is 13.8 Å². The molecule has 0 fully saturated rings. The van der Waals surface area contributed by atoms with Crippen LogP contribution in [0.4, 0.5) is 0 Å². The zero-order valence-corrected chi connectivity index (χ0v) is 11.4. The molecule has 0 aliphatic rings. The smallest absolute Gasteiger partial charge is 0.302 e. The quantitative estimate of drug-likeness (QED) is 0.459. The number of hydrogen-bond donors (Lipinski definition) is 0. The van der Waals surface area contributed by atoms with Crippen LogP contribution in [0.15, 0.2) is 30.3 Å². The average Bonchev–Trinajstić information content (AvgIpc) is 2.29. The second-order valence-electron chi connectivity index (χ2n) is 3.41. The molecule has 0 N–H and O–H groups in total. The Balaban J connectivity index is 0.00000289. The van der Waals surface area contributed by atoms with E-state index in [4.69, 9.17) is 9.47 Å². The van der Waals surface area contributed by atoms with Gasteiger partial charge in [-0.15, -0.1) is 0 Å². The number of esters is 2. The monoisotopic (exact) mass is 265 g/mol. The topological polar surface area (TPSA) is 52.6 Å². The van der Waals surface area contributed by atoms with Crippen LogP contribution in [0.2, 0.25) is 0 Å². The van der Waals surface area contributed by atoms with Crippen LogP contribution >= 0.6 is 7.92 Å². The fraction of sp³-hybridized carbons (Fsp3) is 0.333. The second-order valence-corrected chi connectivity index (χ2v) is 5.52. The van der Waals surface area contributed by atoms with Crippen molar-refractivity contribution < 1.29 is 19.1 Å². The predicted octanol–water partition coefficient (Wildman–Crippen LogP) is 1.45. The number of ether oxygens (including phenoxy) is 2. The summed E-state index contributed by atoms with van der Waals surface area (Å²) in [5, 5.41) is 1.05. The molecule has 0 saturated heterocycles. The highest BCUT2D eigenvalue weighted by Crippen LogP contribution is 2.34. The van der Waals surface area contributed by atoms with E-state index in [1.54, 1.807) is 0 Å². The predicted molar refractivity (Wildman–Crippen MR) is 72.0 cm³/mol. The molecule has 0 bridgehead atoms. The minimum absolute atomic E-state index is 0. The first-order valence-corrected chi connectivity index (χ1v) is 6.87. The Labute approximate surface area is 110 Å². The van der Waals surface area contributed by atoms with Gasteiger partial charge in [-0.1, -0.05) is 30.3 Å². The van der Waals surface area contributed by atoms with E-state index in [1.165, 1.54) is 13.8 Å². The third-order valence-corrected chi connectivity index (χ3v) is 3.88. The summed E-state index contributed by atoms with van der Waals surface area (Å²) in [6, 6.07) is 9.62. The SMILES string of the molecule is CC(=O)OCP(COC(C)=O)c1ccccc1.[B]. The summed E-state index contributed by atoms with van der Waals surface area (Å²) in [7, 11) is -0.807. The molecule has 1 aromatic carbocycles. The van der Waals surface area contributed by atoms with Crippen molar-refractivity contribution in [3.05, 3.63) is 30.3 Å². The summed E-state index contributed by atoms with van der Waals surface area (Å²) >= 11 is 0. The molecule has 0 amide bonds. The molecule has 0 atom stereocenters. The maximum Gasteiger partial charge on any atom is 0.302 e. The van der Waals surface area contributed by atoms with Crippen LogP contribution in [0.3, 0.4) is 0 Å². The molecule has 0 saturated carbocycles. The molecular weight excluding hydrogens is 250 g/mol. The van der Waals surface area contributed by atoms with Crippen LogP contribution in [0.1, 0.15) is 13.8 Å². The van der Waals surface area contributed by atoms with Crippen LogP contribution in [0.25, 0.3) is 0 Å². The van der Waals surface area contributed by atoms with Crippen LogP contribution < -0.4 is 5.30 Å². The molecule has 0 aliphatic heterocycles. The molecule has 0 spiro atoms. The molecule has 0 heterocycles. The molecule has 3 radical (unpaired) electrons. The van der Waals surface area contributed by atoms with E-state index in [0.29, 0.717) is 0 Å². The van der Waals surface area contributed by atoms with Gasteiger partial charge in [-0.25, -0.2) is 0 Å². The first-order valence-electron chi connectivity index (χ1n) is 5.16. The zero-order valence-electron chi connectivity index (χ0n) is 10.5. The summed E-state index contributed by atoms with van der Waals surface area (Å²) in [4.78, 5) is 21.6. The molecule has 18 heavy (non-hydrogen) atoms. The molecular formula is C12H15BO4P. The maximum atomic E-state index is 10.8. The molecule has 4 nitrogen and oxygen atoms in total. The Morgan fingerprint density at radius 3 is 1.83 bits per heavy atom. The maximum absolute atomic E-state index is 10.8. The Morgan fingerprint density at radius 2 is 1.44 bits per heavy atom. The van der Waals surface area contributed by atoms with Gasteiger partial charge in [0.1, 0.15) is 12.7 Å². The Bertz CT molecular complexity index is 365. The highest BCUT2D eigenvalue weighted by molar-refractivity contribution is 7.65. The van der Waals surface area contributed by atoms with Gasteiger partial charge in [-0.05, 0) is 5.30 Å². The first-order chi connectivity index (χ1) is 8.09. The summed E-state index contributed by atoms with van der Waals surface area (Å²) in [6.07, 6.45) is 0.559. The van der Waals surface area contributed by atoms with E-state index in [0.717, 1.165) is 5.30 Å². The van der Waals surface area contributed by atoms with Crippen molar-refractivity contribution in [2.75, 3.05) is 12.7 Å². The second kappa shape index (κ2) is 8.70. The lowest BCUT2D eigenvalue weighted by molar-refractivity contribution is -0.138. The lowest BCUT2D eigenvalue weighted by Crippen LogP contribution is -2.12. The molecule has 1 aromatic rings. The Morgan fingerprint density at radius 1 is 1.00 bits per heavy atom. The third-order valence-electron chi connectivity index (χ3n) is 1.97. The molecule has 0 aromatic heterocycles. The van der Waals surface area contributed by atoms with Crippen LogP contribution in [-0.2, 0) is 19.1 Å². The summed E-state index contributed by atoms with van der Waals surface area (Å²) in [6.45, 7) is 2.73. The standard InChI is InChI=1S/C12H15O4P.B/c1-10(13)15-8-17(9-16-11(2)14)12-6-4-3-5-7-12;/h3-7H,8-9H2,1-2H3;. The number of rotatable bonds is 5. The van der Waals surface area contributed by atoms with Gasteiger partial charge in [0.2, 0.25) is 0 Å². The Kier molecular flexibility index (Phi) is 8.05. The molecule has 0 unspecified atom stereocenters. The van der Waals surface area contributed by atoms with Crippen molar-refractivity contribution >= 4 is 33.6 Å². The fourth-order valence-electron chi connectivity index (χ4n) is 1.16. The summed E-state index contributed by atoms with van der Waals surface area (Å²) < 4.78 is 9.98. The fourth-order valence-corrected chi connectivity index (χ4v) is 2.80. The van der Waals surface area contributed by atoms with Gasteiger partial charge in [0.05, 0.1) is 0 Å². The highest BCUT2D eigenvalue weighted by Gasteiger charge is 2.14. The molecule has 1 rings (SSSR count). The van der Waals surface area contributed by atoms with E-state index < -0.39 is 7.92 Å². The number of carbonyl (C=O) groups is 2. The van der Waals surface area contributed by atoms with Gasteiger partial charge in [-0.2, -0.15) is 0 Å². The van der Waals surface area contributed by atoms with E-state index in [9.17, 15) is 9.59 Å². The van der Waals surface area contributed by atoms with Gasteiger partial charge >= 0.3 is 11.9 Å². The highest BCUT2D eigenvalue weighted by atomic mass is 31.1. The van der Waals surface area contributed by atoms with Gasteiger partial charge in [-0.3, -0.25) is 9.59 Å². The normalized spacial score (nSPS) is 9.50. The number of hydrogen-bond acceptors (Lipinski definition) is 4. The van der Waals surface area contributed by atoms with Crippen molar-refractivity contribution in [1.82, 2.24) is 0 Å². The van der Waals surface area contributed by atoms with Crippen LogP contribution in [0, 0.1) is 0 Å². The van der Waals surface area contributed by atoms with E-state index >= 15 is 0 Å². The minimum atomic E-state index is -0.807. The lowest BCUT2D eigenvalue weighted by atomic mass is 10.4. The van der Waals surface area contributed by atoms with Gasteiger partial charge in [0.25, 0.3) is 0 Å². The van der Waals surface area contributed by atoms with Crippen molar-refractivity contribution in [3.8, 4) is 0 Å². The third kappa shape index (κ3) is 6.40. The number of carbonyl (C=O) groups excluding carboxylic acids is 2. The molecule has 95 valence electrons. The van der Waals surface area contributed by atoms with Crippen LogP contribution in [-0.4, -0.2) is 33.0 Å². The average molecular weight is 265 g/mol. The van der Waals surface area contributed by atoms with Crippen molar-refractivity contribution in [2.24, 2.45) is 0 Å². The van der Waals surface area contributed by atoms with Gasteiger partial charge in [0.15, 0.2) is 0 Å². The van der Waals surface area contributed by atoms with E-state index in [-0.39, 0.29) is 33.0 Å². The van der Waals surface area contributed by atoms with Crippen LogP contribution in [0.5, 0.6) is 0 Å². The van der Waals surface area contributed by atoms with Gasteiger partial charge in [0, 0.05) is 30.2 Å².